The Morgan fingerprint density at radius 3 is 2.44 bits per heavy atom. The second kappa shape index (κ2) is 7.62. The minimum absolute atomic E-state index is 0.206. The predicted molar refractivity (Wildman–Crippen MR) is 68.3 cm³/mol. The SMILES string of the molecule is COCCN(CCOC)C(=O)c1ncccc1N. The lowest BCUT2D eigenvalue weighted by molar-refractivity contribution is 0.0623. The maximum atomic E-state index is 12.2. The number of carbonyl (C=O) groups excluding carboxylic acids is 1. The van der Waals surface area contributed by atoms with Gasteiger partial charge in [0.05, 0.1) is 18.9 Å². The summed E-state index contributed by atoms with van der Waals surface area (Å²) in [6.45, 7) is 1.88. The molecule has 0 spiro atoms. The number of aromatic nitrogens is 1. The van der Waals surface area contributed by atoms with Crippen molar-refractivity contribution in [2.24, 2.45) is 0 Å². The molecular weight excluding hydrogens is 234 g/mol. The number of methoxy groups -OCH3 is 2. The lowest BCUT2D eigenvalue weighted by Crippen LogP contribution is -2.37. The molecule has 0 fully saturated rings. The molecule has 1 aromatic heterocycles. The quantitative estimate of drug-likeness (QED) is 0.761. The highest BCUT2D eigenvalue weighted by Crippen LogP contribution is 2.10. The molecule has 100 valence electrons. The molecule has 0 bridgehead atoms. The Kier molecular flexibility index (Phi) is 6.10. The number of pyridine rings is 1. The minimum atomic E-state index is -0.206. The zero-order chi connectivity index (χ0) is 13.4. The molecule has 0 atom stereocenters. The van der Waals surface area contributed by atoms with E-state index in [0.717, 1.165) is 0 Å². The molecule has 0 saturated heterocycles. The van der Waals surface area contributed by atoms with Crippen LogP contribution in [0.2, 0.25) is 0 Å². The molecule has 0 unspecified atom stereocenters. The molecule has 1 amide bonds. The van der Waals surface area contributed by atoms with Crippen molar-refractivity contribution < 1.29 is 14.3 Å². The van der Waals surface area contributed by atoms with Crippen LogP contribution in [-0.2, 0) is 9.47 Å². The van der Waals surface area contributed by atoms with Gasteiger partial charge in [-0.1, -0.05) is 0 Å². The molecule has 6 nitrogen and oxygen atoms in total. The molecule has 1 rings (SSSR count). The Labute approximate surface area is 107 Å². The molecule has 2 N–H and O–H groups in total. The Balaban J connectivity index is 2.77. The van der Waals surface area contributed by atoms with Gasteiger partial charge in [-0.2, -0.15) is 0 Å². The van der Waals surface area contributed by atoms with Crippen LogP contribution in [0.5, 0.6) is 0 Å². The number of amides is 1. The number of hydrogen-bond donors (Lipinski definition) is 1. The van der Waals surface area contributed by atoms with E-state index in [1.807, 2.05) is 0 Å². The zero-order valence-corrected chi connectivity index (χ0v) is 10.8. The van der Waals surface area contributed by atoms with Gasteiger partial charge in [0.1, 0.15) is 0 Å². The van der Waals surface area contributed by atoms with E-state index in [-0.39, 0.29) is 11.6 Å². The monoisotopic (exact) mass is 253 g/mol. The first-order chi connectivity index (χ1) is 8.70. The minimum Gasteiger partial charge on any atom is -0.397 e. The maximum Gasteiger partial charge on any atom is 0.274 e. The highest BCUT2D eigenvalue weighted by molar-refractivity contribution is 5.97. The molecule has 1 heterocycles. The first-order valence-corrected chi connectivity index (χ1v) is 5.68. The number of ether oxygens (including phenoxy) is 2. The van der Waals surface area contributed by atoms with Crippen molar-refractivity contribution in [3.05, 3.63) is 24.0 Å². The van der Waals surface area contributed by atoms with Crippen molar-refractivity contribution in [3.63, 3.8) is 0 Å². The standard InChI is InChI=1S/C12H19N3O3/c1-17-8-6-15(7-9-18-2)12(16)11-10(13)4-3-5-14-11/h3-5H,6-9,13H2,1-2H3. The number of carbonyl (C=O) groups is 1. The number of nitrogen functional groups attached to an aromatic ring is 1. The number of anilines is 1. The molecule has 6 heteroatoms. The summed E-state index contributed by atoms with van der Waals surface area (Å²) >= 11 is 0. The van der Waals surface area contributed by atoms with Crippen LogP contribution in [0.3, 0.4) is 0 Å². The van der Waals surface area contributed by atoms with Gasteiger partial charge in [0.2, 0.25) is 0 Å². The largest absolute Gasteiger partial charge is 0.397 e. The summed E-state index contributed by atoms with van der Waals surface area (Å²) in [6.07, 6.45) is 1.55. The smallest absolute Gasteiger partial charge is 0.274 e. The van der Waals surface area contributed by atoms with Gasteiger partial charge in [-0.25, -0.2) is 4.98 Å². The van der Waals surface area contributed by atoms with E-state index in [4.69, 9.17) is 15.2 Å². The van der Waals surface area contributed by atoms with Crippen LogP contribution in [-0.4, -0.2) is 56.3 Å². The summed E-state index contributed by atoms with van der Waals surface area (Å²) in [5.41, 5.74) is 6.39. The van der Waals surface area contributed by atoms with Gasteiger partial charge in [-0.15, -0.1) is 0 Å². The Hall–Kier alpha value is -1.66. The second-order valence-corrected chi connectivity index (χ2v) is 3.72. The normalized spacial score (nSPS) is 10.3. The Bertz CT molecular complexity index is 377. The van der Waals surface area contributed by atoms with Crippen molar-refractivity contribution in [3.8, 4) is 0 Å². The molecule has 0 saturated carbocycles. The fourth-order valence-corrected chi connectivity index (χ4v) is 1.46. The number of hydrogen-bond acceptors (Lipinski definition) is 5. The van der Waals surface area contributed by atoms with E-state index in [9.17, 15) is 4.79 Å². The van der Waals surface area contributed by atoms with Crippen molar-refractivity contribution in [2.45, 2.75) is 0 Å². The van der Waals surface area contributed by atoms with Crippen molar-refractivity contribution in [1.82, 2.24) is 9.88 Å². The zero-order valence-electron chi connectivity index (χ0n) is 10.8. The highest BCUT2D eigenvalue weighted by atomic mass is 16.5. The third-order valence-corrected chi connectivity index (χ3v) is 2.46. The summed E-state index contributed by atoms with van der Waals surface area (Å²) in [7, 11) is 3.18. The Morgan fingerprint density at radius 1 is 1.33 bits per heavy atom. The third kappa shape index (κ3) is 3.97. The molecule has 0 aliphatic rings. The van der Waals surface area contributed by atoms with Crippen LogP contribution in [0.4, 0.5) is 5.69 Å². The average molecular weight is 253 g/mol. The number of nitrogens with zero attached hydrogens (tertiary/aromatic N) is 2. The first-order valence-electron chi connectivity index (χ1n) is 5.68. The van der Waals surface area contributed by atoms with Crippen LogP contribution < -0.4 is 5.73 Å². The van der Waals surface area contributed by atoms with Crippen LogP contribution in [0, 0.1) is 0 Å². The first kappa shape index (κ1) is 14.4. The van der Waals surface area contributed by atoms with Crippen molar-refractivity contribution in [1.29, 1.82) is 0 Å². The summed E-state index contributed by atoms with van der Waals surface area (Å²) in [6, 6.07) is 3.35. The van der Waals surface area contributed by atoms with E-state index >= 15 is 0 Å². The molecular formula is C12H19N3O3. The molecule has 0 radical (unpaired) electrons. The van der Waals surface area contributed by atoms with Crippen LogP contribution in [0.25, 0.3) is 0 Å². The van der Waals surface area contributed by atoms with Gasteiger partial charge in [-0.05, 0) is 12.1 Å². The van der Waals surface area contributed by atoms with Gasteiger partial charge in [0.25, 0.3) is 5.91 Å². The molecule has 0 aliphatic carbocycles. The fraction of sp³-hybridized carbons (Fsp3) is 0.500. The van der Waals surface area contributed by atoms with Gasteiger partial charge in [-0.3, -0.25) is 4.79 Å². The van der Waals surface area contributed by atoms with Crippen LogP contribution >= 0.6 is 0 Å². The van der Waals surface area contributed by atoms with Gasteiger partial charge >= 0.3 is 0 Å². The summed E-state index contributed by atoms with van der Waals surface area (Å²) < 4.78 is 9.96. The number of nitrogens with two attached hydrogens (primary N) is 1. The average Bonchev–Trinajstić information content (AvgIpc) is 2.39. The number of rotatable bonds is 7. The van der Waals surface area contributed by atoms with Crippen molar-refractivity contribution >= 4 is 11.6 Å². The van der Waals surface area contributed by atoms with E-state index in [1.54, 1.807) is 37.4 Å². The second-order valence-electron chi connectivity index (χ2n) is 3.72. The molecule has 18 heavy (non-hydrogen) atoms. The van der Waals surface area contributed by atoms with Gasteiger partial charge in [0.15, 0.2) is 5.69 Å². The lowest BCUT2D eigenvalue weighted by atomic mass is 10.2. The predicted octanol–water partition coefficient (Wildman–Crippen LogP) is 0.399. The third-order valence-electron chi connectivity index (χ3n) is 2.46. The van der Waals surface area contributed by atoms with Crippen LogP contribution in [0.15, 0.2) is 18.3 Å². The van der Waals surface area contributed by atoms with E-state index in [0.29, 0.717) is 32.0 Å². The topological polar surface area (TPSA) is 77.7 Å². The van der Waals surface area contributed by atoms with Gasteiger partial charge < -0.3 is 20.1 Å². The van der Waals surface area contributed by atoms with Crippen LogP contribution in [0.1, 0.15) is 10.5 Å². The maximum absolute atomic E-state index is 12.2. The summed E-state index contributed by atoms with van der Waals surface area (Å²) in [4.78, 5) is 17.9. The van der Waals surface area contributed by atoms with E-state index in [1.165, 1.54) is 0 Å². The summed E-state index contributed by atoms with van der Waals surface area (Å²) in [5.74, 6) is -0.206. The van der Waals surface area contributed by atoms with E-state index < -0.39 is 0 Å². The summed E-state index contributed by atoms with van der Waals surface area (Å²) in [5, 5.41) is 0. The molecule has 0 aliphatic heterocycles. The lowest BCUT2D eigenvalue weighted by Gasteiger charge is -2.22. The van der Waals surface area contributed by atoms with Gasteiger partial charge in [0, 0.05) is 33.5 Å². The van der Waals surface area contributed by atoms with E-state index in [2.05, 4.69) is 4.98 Å². The Morgan fingerprint density at radius 2 is 1.94 bits per heavy atom. The molecule has 1 aromatic rings. The molecule has 0 aromatic carbocycles. The fourth-order valence-electron chi connectivity index (χ4n) is 1.46. The highest BCUT2D eigenvalue weighted by Gasteiger charge is 2.18. The van der Waals surface area contributed by atoms with Crippen molar-refractivity contribution in [2.75, 3.05) is 46.3 Å².